The Bertz CT molecular complexity index is 554. The molecule has 15 heavy (non-hydrogen) atoms. The zero-order valence-corrected chi connectivity index (χ0v) is 8.74. The van der Waals surface area contributed by atoms with Gasteiger partial charge in [-0.25, -0.2) is 0 Å². The minimum Gasteiger partial charge on any atom is -0.255 e. The van der Waals surface area contributed by atoms with Crippen molar-refractivity contribution in [2.24, 2.45) is 0 Å². The molecule has 3 aromatic rings. The van der Waals surface area contributed by atoms with E-state index in [4.69, 9.17) is 0 Å². The Labute approximate surface area is 91.2 Å². The molecule has 3 rings (SSSR count). The first kappa shape index (κ1) is 8.56. The Morgan fingerprint density at radius 3 is 2.67 bits per heavy atom. The summed E-state index contributed by atoms with van der Waals surface area (Å²) in [4.78, 5) is 9.81. The number of hydrogen-bond acceptors (Lipinski definition) is 3. The molecule has 0 N–H and O–H groups in total. The van der Waals surface area contributed by atoms with Gasteiger partial charge in [-0.1, -0.05) is 6.07 Å². The van der Waals surface area contributed by atoms with Crippen molar-refractivity contribution in [3.63, 3.8) is 0 Å². The van der Waals surface area contributed by atoms with E-state index in [1.165, 1.54) is 9.58 Å². The van der Waals surface area contributed by atoms with Crippen LogP contribution in [0.15, 0.2) is 48.8 Å². The van der Waals surface area contributed by atoms with Crippen LogP contribution in [-0.4, -0.2) is 9.97 Å². The van der Waals surface area contributed by atoms with Gasteiger partial charge in [-0.2, -0.15) is 0 Å². The number of rotatable bonds is 1. The van der Waals surface area contributed by atoms with E-state index in [2.05, 4.69) is 22.1 Å². The van der Waals surface area contributed by atoms with E-state index in [0.29, 0.717) is 0 Å². The largest absolute Gasteiger partial charge is 0.255 e. The lowest BCUT2D eigenvalue weighted by Gasteiger charge is -1.92. The predicted molar refractivity (Wildman–Crippen MR) is 62.9 cm³/mol. The van der Waals surface area contributed by atoms with E-state index in [0.717, 1.165) is 11.2 Å². The quantitative estimate of drug-likeness (QED) is 0.618. The molecule has 2 nitrogen and oxygen atoms in total. The highest BCUT2D eigenvalue weighted by atomic mass is 32.1. The van der Waals surface area contributed by atoms with E-state index >= 15 is 0 Å². The van der Waals surface area contributed by atoms with E-state index in [1.807, 2.05) is 36.7 Å². The van der Waals surface area contributed by atoms with Crippen LogP contribution in [-0.2, 0) is 0 Å². The standard InChI is InChI=1S/C12H8N2S/c1-2-6-13-9(4-1)12-8-10-11(15-12)5-3-7-14-10/h1-8H. The molecule has 0 unspecified atom stereocenters. The van der Waals surface area contributed by atoms with E-state index in [9.17, 15) is 0 Å². The van der Waals surface area contributed by atoms with Gasteiger partial charge in [-0.15, -0.1) is 11.3 Å². The molecule has 0 saturated carbocycles. The number of thiophene rings is 1. The van der Waals surface area contributed by atoms with Gasteiger partial charge >= 0.3 is 0 Å². The van der Waals surface area contributed by atoms with Crippen LogP contribution in [0, 0.1) is 0 Å². The average molecular weight is 212 g/mol. The number of fused-ring (bicyclic) bond motifs is 1. The third-order valence-electron chi connectivity index (χ3n) is 2.20. The molecule has 0 bridgehead atoms. The monoisotopic (exact) mass is 212 g/mol. The number of pyridine rings is 2. The lowest BCUT2D eigenvalue weighted by molar-refractivity contribution is 1.34. The fraction of sp³-hybridized carbons (Fsp3) is 0. The number of aromatic nitrogens is 2. The second-order valence-electron chi connectivity index (χ2n) is 3.21. The summed E-state index contributed by atoms with van der Waals surface area (Å²) >= 11 is 1.73. The lowest BCUT2D eigenvalue weighted by Crippen LogP contribution is -1.75. The van der Waals surface area contributed by atoms with Crippen molar-refractivity contribution in [1.82, 2.24) is 9.97 Å². The first-order valence-corrected chi connectivity index (χ1v) is 5.51. The molecule has 0 spiro atoms. The van der Waals surface area contributed by atoms with Crippen molar-refractivity contribution in [2.45, 2.75) is 0 Å². The van der Waals surface area contributed by atoms with Gasteiger partial charge in [0, 0.05) is 12.4 Å². The molecule has 0 radical (unpaired) electrons. The smallest absolute Gasteiger partial charge is 0.0816 e. The van der Waals surface area contributed by atoms with Gasteiger partial charge in [0.1, 0.15) is 0 Å². The first-order valence-electron chi connectivity index (χ1n) is 4.69. The van der Waals surface area contributed by atoms with Gasteiger partial charge < -0.3 is 0 Å². The fourth-order valence-electron chi connectivity index (χ4n) is 1.50. The van der Waals surface area contributed by atoms with E-state index in [1.54, 1.807) is 11.3 Å². The molecule has 72 valence electrons. The molecule has 0 aliphatic rings. The second kappa shape index (κ2) is 3.44. The lowest BCUT2D eigenvalue weighted by atomic mass is 10.3. The predicted octanol–water partition coefficient (Wildman–Crippen LogP) is 3.36. The van der Waals surface area contributed by atoms with Crippen molar-refractivity contribution in [3.8, 4) is 10.6 Å². The highest BCUT2D eigenvalue weighted by Crippen LogP contribution is 2.30. The molecule has 3 heterocycles. The Balaban J connectivity index is 2.21. The number of hydrogen-bond donors (Lipinski definition) is 0. The summed E-state index contributed by atoms with van der Waals surface area (Å²) in [7, 11) is 0. The summed E-state index contributed by atoms with van der Waals surface area (Å²) in [5, 5.41) is 0. The summed E-state index contributed by atoms with van der Waals surface area (Å²) in [6.07, 6.45) is 3.63. The average Bonchev–Trinajstić information content (AvgIpc) is 2.74. The molecule has 3 aromatic heterocycles. The fourth-order valence-corrected chi connectivity index (χ4v) is 2.50. The Hall–Kier alpha value is -1.74. The third-order valence-corrected chi connectivity index (χ3v) is 3.32. The molecular formula is C12H8N2S. The van der Waals surface area contributed by atoms with Crippen LogP contribution in [0.3, 0.4) is 0 Å². The third kappa shape index (κ3) is 1.51. The topological polar surface area (TPSA) is 25.8 Å². The molecule has 0 amide bonds. The van der Waals surface area contributed by atoms with E-state index in [-0.39, 0.29) is 0 Å². The van der Waals surface area contributed by atoms with Crippen molar-refractivity contribution in [2.75, 3.05) is 0 Å². The van der Waals surface area contributed by atoms with Crippen LogP contribution in [0.4, 0.5) is 0 Å². The van der Waals surface area contributed by atoms with Crippen LogP contribution >= 0.6 is 11.3 Å². The van der Waals surface area contributed by atoms with Gasteiger partial charge in [-0.05, 0) is 30.3 Å². The molecule has 0 atom stereocenters. The number of nitrogens with zero attached hydrogens (tertiary/aromatic N) is 2. The van der Waals surface area contributed by atoms with Gasteiger partial charge in [-0.3, -0.25) is 9.97 Å². The summed E-state index contributed by atoms with van der Waals surface area (Å²) in [5.74, 6) is 0. The van der Waals surface area contributed by atoms with Gasteiger partial charge in [0.25, 0.3) is 0 Å². The first-order chi connectivity index (χ1) is 7.43. The molecule has 0 fully saturated rings. The van der Waals surface area contributed by atoms with Crippen molar-refractivity contribution in [1.29, 1.82) is 0 Å². The van der Waals surface area contributed by atoms with E-state index < -0.39 is 0 Å². The maximum atomic E-state index is 4.33. The Morgan fingerprint density at radius 2 is 1.87 bits per heavy atom. The highest BCUT2D eigenvalue weighted by Gasteiger charge is 2.04. The van der Waals surface area contributed by atoms with Gasteiger partial charge in [0.2, 0.25) is 0 Å². The molecule has 0 aliphatic heterocycles. The van der Waals surface area contributed by atoms with Crippen LogP contribution < -0.4 is 0 Å². The normalized spacial score (nSPS) is 10.7. The summed E-state index contributed by atoms with van der Waals surface area (Å²) in [6, 6.07) is 12.1. The highest BCUT2D eigenvalue weighted by molar-refractivity contribution is 7.22. The minimum atomic E-state index is 1.01. The Kier molecular flexibility index (Phi) is 1.96. The van der Waals surface area contributed by atoms with Crippen LogP contribution in [0.1, 0.15) is 0 Å². The molecule has 0 saturated heterocycles. The second-order valence-corrected chi connectivity index (χ2v) is 4.30. The SMILES string of the molecule is c1ccc(-c2cc3ncccc3s2)nc1. The van der Waals surface area contributed by atoms with Gasteiger partial charge in [0.15, 0.2) is 0 Å². The van der Waals surface area contributed by atoms with Crippen LogP contribution in [0.25, 0.3) is 20.8 Å². The molecule has 0 aromatic carbocycles. The zero-order valence-electron chi connectivity index (χ0n) is 7.92. The van der Waals surface area contributed by atoms with Crippen LogP contribution in [0.2, 0.25) is 0 Å². The zero-order chi connectivity index (χ0) is 10.1. The van der Waals surface area contributed by atoms with Gasteiger partial charge in [0.05, 0.1) is 20.8 Å². The van der Waals surface area contributed by atoms with Crippen molar-refractivity contribution in [3.05, 3.63) is 48.8 Å². The maximum absolute atomic E-state index is 4.33. The molecule has 3 heteroatoms. The molecular weight excluding hydrogens is 204 g/mol. The van der Waals surface area contributed by atoms with Crippen molar-refractivity contribution < 1.29 is 0 Å². The minimum absolute atomic E-state index is 1.01. The van der Waals surface area contributed by atoms with Crippen molar-refractivity contribution >= 4 is 21.6 Å². The summed E-state index contributed by atoms with van der Waals surface area (Å²) in [5.41, 5.74) is 2.06. The molecule has 0 aliphatic carbocycles. The Morgan fingerprint density at radius 1 is 0.933 bits per heavy atom. The summed E-state index contributed by atoms with van der Waals surface area (Å²) in [6.45, 7) is 0. The maximum Gasteiger partial charge on any atom is 0.0816 e. The summed E-state index contributed by atoms with van der Waals surface area (Å²) < 4.78 is 1.21. The van der Waals surface area contributed by atoms with Crippen LogP contribution in [0.5, 0.6) is 0 Å².